The van der Waals surface area contributed by atoms with Crippen LogP contribution in [0, 0.1) is 0 Å². The van der Waals surface area contributed by atoms with E-state index in [0.29, 0.717) is 6.61 Å². The summed E-state index contributed by atoms with van der Waals surface area (Å²) in [5, 5.41) is 3.35. The van der Waals surface area contributed by atoms with Gasteiger partial charge in [-0.3, -0.25) is 0 Å². The van der Waals surface area contributed by atoms with E-state index >= 15 is 0 Å². The summed E-state index contributed by atoms with van der Waals surface area (Å²) in [5.74, 6) is 0.736. The highest BCUT2D eigenvalue weighted by Crippen LogP contribution is 2.24. The average Bonchev–Trinajstić information content (AvgIpc) is 3.24. The van der Waals surface area contributed by atoms with E-state index in [4.69, 9.17) is 4.74 Å². The molecule has 0 spiro atoms. The molecule has 1 aliphatic carbocycles. The molecule has 1 N–H and O–H groups in total. The van der Waals surface area contributed by atoms with Gasteiger partial charge in [-0.25, -0.2) is 4.98 Å². The van der Waals surface area contributed by atoms with Crippen LogP contribution in [0.4, 0.5) is 0 Å². The van der Waals surface area contributed by atoms with Crippen LogP contribution in [-0.4, -0.2) is 42.7 Å². The monoisotopic (exact) mass is 263 g/mol. The molecule has 4 heteroatoms. The smallest absolute Gasteiger partial charge is 0.213 e. The number of nitrogens with one attached hydrogen (secondary N) is 1. The fraction of sp³-hybridized carbons (Fsp3) is 0.667. The normalized spacial score (nSPS) is 14.9. The van der Waals surface area contributed by atoms with Gasteiger partial charge in [-0.05, 0) is 38.9 Å². The molecule has 0 unspecified atom stereocenters. The number of hydrogen-bond donors (Lipinski definition) is 1. The second-order valence-corrected chi connectivity index (χ2v) is 5.20. The van der Waals surface area contributed by atoms with E-state index in [2.05, 4.69) is 29.2 Å². The number of hydrogen-bond acceptors (Lipinski definition) is 4. The van der Waals surface area contributed by atoms with Gasteiger partial charge < -0.3 is 15.0 Å². The first kappa shape index (κ1) is 14.3. The van der Waals surface area contributed by atoms with Crippen LogP contribution in [0.25, 0.3) is 0 Å². The van der Waals surface area contributed by atoms with Crippen molar-refractivity contribution < 1.29 is 4.74 Å². The number of rotatable bonds is 9. The third kappa shape index (κ3) is 5.17. The third-order valence-corrected chi connectivity index (χ3v) is 3.38. The summed E-state index contributed by atoms with van der Waals surface area (Å²) in [4.78, 5) is 6.87. The molecule has 1 aromatic rings. The molecule has 1 heterocycles. The van der Waals surface area contributed by atoms with E-state index in [0.717, 1.165) is 43.7 Å². The quantitative estimate of drug-likeness (QED) is 0.692. The molecule has 106 valence electrons. The lowest BCUT2D eigenvalue weighted by atomic mass is 10.3. The molecule has 0 amide bonds. The van der Waals surface area contributed by atoms with Crippen molar-refractivity contribution in [1.82, 2.24) is 15.2 Å². The summed E-state index contributed by atoms with van der Waals surface area (Å²) in [6.07, 6.45) is 3.82. The van der Waals surface area contributed by atoms with Crippen LogP contribution in [0.5, 0.6) is 5.88 Å². The summed E-state index contributed by atoms with van der Waals surface area (Å²) in [7, 11) is 2.17. The van der Waals surface area contributed by atoms with Crippen LogP contribution in [0.15, 0.2) is 18.2 Å². The van der Waals surface area contributed by atoms with Crippen molar-refractivity contribution >= 4 is 0 Å². The molecule has 2 rings (SSSR count). The first-order valence-electron chi connectivity index (χ1n) is 7.29. The number of aromatic nitrogens is 1. The lowest BCUT2D eigenvalue weighted by Crippen LogP contribution is -2.26. The molecule has 4 nitrogen and oxygen atoms in total. The molecule has 1 aromatic heterocycles. The zero-order chi connectivity index (χ0) is 13.5. The number of ether oxygens (including phenoxy) is 1. The van der Waals surface area contributed by atoms with Gasteiger partial charge in [0, 0.05) is 25.2 Å². The Labute approximate surface area is 116 Å². The van der Waals surface area contributed by atoms with Crippen molar-refractivity contribution in [1.29, 1.82) is 0 Å². The summed E-state index contributed by atoms with van der Waals surface area (Å²) < 4.78 is 5.72. The van der Waals surface area contributed by atoms with Crippen LogP contribution in [0.2, 0.25) is 0 Å². The molecule has 0 atom stereocenters. The maximum atomic E-state index is 5.72. The molecule has 0 aromatic carbocycles. The first-order chi connectivity index (χ1) is 9.29. The highest BCUT2D eigenvalue weighted by atomic mass is 16.5. The number of nitrogens with zero attached hydrogens (tertiary/aromatic N) is 2. The van der Waals surface area contributed by atoms with Crippen molar-refractivity contribution in [2.75, 3.05) is 26.7 Å². The van der Waals surface area contributed by atoms with Crippen LogP contribution < -0.4 is 10.1 Å². The molecule has 0 saturated heterocycles. The molecular formula is C15H25N3O. The minimum Gasteiger partial charge on any atom is -0.476 e. The van der Waals surface area contributed by atoms with Crippen LogP contribution in [0.1, 0.15) is 31.9 Å². The Kier molecular flexibility index (Phi) is 5.61. The van der Waals surface area contributed by atoms with Gasteiger partial charge in [-0.1, -0.05) is 13.0 Å². The first-order valence-corrected chi connectivity index (χ1v) is 7.29. The van der Waals surface area contributed by atoms with Crippen LogP contribution >= 0.6 is 0 Å². The van der Waals surface area contributed by atoms with Gasteiger partial charge >= 0.3 is 0 Å². The van der Waals surface area contributed by atoms with E-state index in [1.807, 2.05) is 18.2 Å². The molecule has 0 aliphatic heterocycles. The van der Waals surface area contributed by atoms with E-state index in [9.17, 15) is 0 Å². The second-order valence-electron chi connectivity index (χ2n) is 5.20. The van der Waals surface area contributed by atoms with Crippen molar-refractivity contribution in [2.24, 2.45) is 0 Å². The average molecular weight is 263 g/mol. The Hall–Kier alpha value is -1.13. The van der Waals surface area contributed by atoms with Crippen LogP contribution in [0.3, 0.4) is 0 Å². The highest BCUT2D eigenvalue weighted by molar-refractivity contribution is 5.15. The van der Waals surface area contributed by atoms with E-state index < -0.39 is 0 Å². The van der Waals surface area contributed by atoms with Crippen molar-refractivity contribution in [3.05, 3.63) is 23.9 Å². The van der Waals surface area contributed by atoms with Gasteiger partial charge in [0.1, 0.15) is 6.61 Å². The minimum absolute atomic E-state index is 0.714. The summed E-state index contributed by atoms with van der Waals surface area (Å²) in [5.41, 5.74) is 1.04. The Bertz CT molecular complexity index is 379. The third-order valence-electron chi connectivity index (χ3n) is 3.38. The largest absolute Gasteiger partial charge is 0.476 e. The number of pyridine rings is 1. The fourth-order valence-corrected chi connectivity index (χ4v) is 2.02. The van der Waals surface area contributed by atoms with Gasteiger partial charge in [-0.15, -0.1) is 0 Å². The molecule has 0 bridgehead atoms. The zero-order valence-electron chi connectivity index (χ0n) is 12.1. The fourth-order valence-electron chi connectivity index (χ4n) is 2.02. The summed E-state index contributed by atoms with van der Waals surface area (Å²) >= 11 is 0. The molecule has 19 heavy (non-hydrogen) atoms. The Morgan fingerprint density at radius 2 is 2.26 bits per heavy atom. The standard InChI is InChI=1S/C15H25N3O/c1-3-9-16-12-13-5-4-6-15(17-13)19-11-10-18(2)14-7-8-14/h4-6,14,16H,3,7-12H2,1-2H3. The maximum absolute atomic E-state index is 5.72. The second kappa shape index (κ2) is 7.46. The zero-order valence-corrected chi connectivity index (χ0v) is 12.1. The predicted octanol–water partition coefficient (Wildman–Crippen LogP) is 2.05. The lowest BCUT2D eigenvalue weighted by Gasteiger charge is -2.15. The van der Waals surface area contributed by atoms with Crippen molar-refractivity contribution in [3.8, 4) is 5.88 Å². The molecule has 1 saturated carbocycles. The van der Waals surface area contributed by atoms with E-state index in [1.165, 1.54) is 12.8 Å². The predicted molar refractivity (Wildman–Crippen MR) is 77.4 cm³/mol. The molecule has 1 aliphatic rings. The van der Waals surface area contributed by atoms with Gasteiger partial charge in [0.2, 0.25) is 5.88 Å². The van der Waals surface area contributed by atoms with Crippen LogP contribution in [-0.2, 0) is 6.54 Å². The molecule has 0 radical (unpaired) electrons. The highest BCUT2D eigenvalue weighted by Gasteiger charge is 2.25. The van der Waals surface area contributed by atoms with E-state index in [1.54, 1.807) is 0 Å². The maximum Gasteiger partial charge on any atom is 0.213 e. The van der Waals surface area contributed by atoms with Gasteiger partial charge in [-0.2, -0.15) is 0 Å². The van der Waals surface area contributed by atoms with Gasteiger partial charge in [0.05, 0.1) is 5.69 Å². The molecule has 1 fully saturated rings. The van der Waals surface area contributed by atoms with Crippen molar-refractivity contribution in [3.63, 3.8) is 0 Å². The molecular weight excluding hydrogens is 238 g/mol. The Morgan fingerprint density at radius 3 is 3.00 bits per heavy atom. The van der Waals surface area contributed by atoms with Crippen molar-refractivity contribution in [2.45, 2.75) is 38.8 Å². The Morgan fingerprint density at radius 1 is 1.42 bits per heavy atom. The van der Waals surface area contributed by atoms with E-state index in [-0.39, 0.29) is 0 Å². The number of likely N-dealkylation sites (N-methyl/N-ethyl adjacent to an activating group) is 1. The lowest BCUT2D eigenvalue weighted by molar-refractivity contribution is 0.226. The Balaban J connectivity index is 1.71. The minimum atomic E-state index is 0.714. The topological polar surface area (TPSA) is 37.4 Å². The van der Waals surface area contributed by atoms with Gasteiger partial charge in [0.25, 0.3) is 0 Å². The summed E-state index contributed by atoms with van der Waals surface area (Å²) in [6.45, 7) is 5.69. The summed E-state index contributed by atoms with van der Waals surface area (Å²) in [6, 6.07) is 6.77. The SMILES string of the molecule is CCCNCc1cccc(OCCN(C)C2CC2)n1. The van der Waals surface area contributed by atoms with Gasteiger partial charge in [0.15, 0.2) is 0 Å².